The Hall–Kier alpha value is -1.59. The molecule has 1 aromatic rings. The summed E-state index contributed by atoms with van der Waals surface area (Å²) in [6.45, 7) is 5.18. The number of rotatable bonds is 4. The van der Waals surface area contributed by atoms with E-state index in [-0.39, 0.29) is 30.3 Å². The summed E-state index contributed by atoms with van der Waals surface area (Å²) in [6, 6.07) is 8.35. The Morgan fingerprint density at radius 3 is 2.50 bits per heavy atom. The highest BCUT2D eigenvalue weighted by Gasteiger charge is 2.24. The number of halogens is 1. The number of hydrogen-bond donors (Lipinski definition) is 2. The molecule has 0 spiro atoms. The van der Waals surface area contributed by atoms with E-state index in [1.165, 1.54) is 18.4 Å². The molecule has 26 heavy (non-hydrogen) atoms. The van der Waals surface area contributed by atoms with Gasteiger partial charge in [-0.15, -0.1) is 12.4 Å². The molecule has 0 atom stereocenters. The maximum atomic E-state index is 12.8. The van der Waals surface area contributed by atoms with E-state index in [0.29, 0.717) is 13.1 Å². The van der Waals surface area contributed by atoms with Gasteiger partial charge >= 0.3 is 0 Å². The van der Waals surface area contributed by atoms with Crippen LogP contribution in [0.25, 0.3) is 0 Å². The lowest BCUT2D eigenvalue weighted by Gasteiger charge is -2.32. The lowest BCUT2D eigenvalue weighted by Crippen LogP contribution is -2.46. The summed E-state index contributed by atoms with van der Waals surface area (Å²) in [4.78, 5) is 25.9. The summed E-state index contributed by atoms with van der Waals surface area (Å²) >= 11 is 0. The predicted octanol–water partition coefficient (Wildman–Crippen LogP) is 2.39. The van der Waals surface area contributed by atoms with Gasteiger partial charge in [0.2, 0.25) is 5.91 Å². The molecule has 0 saturated carbocycles. The van der Waals surface area contributed by atoms with Crippen molar-refractivity contribution in [1.29, 1.82) is 0 Å². The smallest absolute Gasteiger partial charge is 0.253 e. The minimum Gasteiger partial charge on any atom is -0.353 e. The summed E-state index contributed by atoms with van der Waals surface area (Å²) in [5.41, 5.74) is 2.07. The van der Waals surface area contributed by atoms with E-state index in [1.807, 2.05) is 17.0 Å². The second-order valence-corrected chi connectivity index (χ2v) is 7.36. The van der Waals surface area contributed by atoms with Crippen molar-refractivity contribution in [1.82, 2.24) is 15.5 Å². The molecule has 1 aromatic carbocycles. The van der Waals surface area contributed by atoms with Gasteiger partial charge in [0, 0.05) is 31.6 Å². The van der Waals surface area contributed by atoms with Crippen LogP contribution in [0.1, 0.15) is 48.5 Å². The Balaban J connectivity index is 0.00000243. The molecule has 2 saturated heterocycles. The van der Waals surface area contributed by atoms with Gasteiger partial charge in [0.05, 0.1) is 0 Å². The number of piperidine rings is 2. The average Bonchev–Trinajstić information content (AvgIpc) is 2.62. The zero-order valence-electron chi connectivity index (χ0n) is 15.5. The van der Waals surface area contributed by atoms with Crippen molar-refractivity contribution < 1.29 is 9.59 Å². The van der Waals surface area contributed by atoms with E-state index in [4.69, 9.17) is 0 Å². The van der Waals surface area contributed by atoms with Gasteiger partial charge < -0.3 is 15.5 Å². The third-order valence-corrected chi connectivity index (χ3v) is 5.35. The lowest BCUT2D eigenvalue weighted by atomic mass is 9.90. The van der Waals surface area contributed by atoms with Gasteiger partial charge in [0.15, 0.2) is 0 Å². The van der Waals surface area contributed by atoms with Crippen molar-refractivity contribution in [2.75, 3.05) is 26.2 Å². The highest BCUT2D eigenvalue weighted by atomic mass is 35.5. The van der Waals surface area contributed by atoms with Crippen LogP contribution in [0.3, 0.4) is 0 Å². The van der Waals surface area contributed by atoms with Crippen molar-refractivity contribution in [3.63, 3.8) is 0 Å². The largest absolute Gasteiger partial charge is 0.353 e. The molecule has 6 heteroatoms. The van der Waals surface area contributed by atoms with Crippen molar-refractivity contribution in [2.45, 2.75) is 45.1 Å². The second-order valence-electron chi connectivity index (χ2n) is 7.36. The van der Waals surface area contributed by atoms with Crippen LogP contribution in [0.2, 0.25) is 0 Å². The minimum atomic E-state index is 0. The minimum absolute atomic E-state index is 0. The number of carbonyl (C=O) groups is 2. The number of amides is 2. The van der Waals surface area contributed by atoms with E-state index in [0.717, 1.165) is 43.8 Å². The van der Waals surface area contributed by atoms with E-state index >= 15 is 0 Å². The molecule has 2 amide bonds. The summed E-state index contributed by atoms with van der Waals surface area (Å²) in [5.74, 6) is 0.851. The van der Waals surface area contributed by atoms with Gasteiger partial charge in [-0.1, -0.05) is 12.1 Å². The molecule has 2 aliphatic rings. The quantitative estimate of drug-likeness (QED) is 0.844. The molecule has 2 N–H and O–H groups in total. The third-order valence-electron chi connectivity index (χ3n) is 5.35. The first-order valence-corrected chi connectivity index (χ1v) is 9.48. The summed E-state index contributed by atoms with van der Waals surface area (Å²) in [6.07, 6.45) is 5.16. The van der Waals surface area contributed by atoms with E-state index in [2.05, 4.69) is 22.8 Å². The van der Waals surface area contributed by atoms with Crippen LogP contribution in [0, 0.1) is 5.92 Å². The molecule has 2 heterocycles. The molecule has 144 valence electrons. The lowest BCUT2D eigenvalue weighted by molar-refractivity contribution is -0.119. The van der Waals surface area contributed by atoms with E-state index in [9.17, 15) is 9.59 Å². The molecule has 2 fully saturated rings. The summed E-state index contributed by atoms with van der Waals surface area (Å²) < 4.78 is 0. The molecular weight excluding hydrogens is 350 g/mol. The van der Waals surface area contributed by atoms with Gasteiger partial charge in [-0.05, 0) is 68.8 Å². The maximum absolute atomic E-state index is 12.8. The average molecular weight is 380 g/mol. The molecule has 5 nitrogen and oxygen atoms in total. The van der Waals surface area contributed by atoms with Gasteiger partial charge in [0.1, 0.15) is 0 Å². The monoisotopic (exact) mass is 379 g/mol. The van der Waals surface area contributed by atoms with Crippen LogP contribution < -0.4 is 10.6 Å². The van der Waals surface area contributed by atoms with E-state index in [1.54, 1.807) is 6.92 Å². The molecule has 2 aliphatic heterocycles. The van der Waals surface area contributed by atoms with Gasteiger partial charge in [0.25, 0.3) is 5.91 Å². The van der Waals surface area contributed by atoms with Crippen LogP contribution in [0.5, 0.6) is 0 Å². The number of nitrogens with one attached hydrogen (secondary N) is 2. The molecule has 0 radical (unpaired) electrons. The maximum Gasteiger partial charge on any atom is 0.253 e. The molecule has 0 aromatic heterocycles. The zero-order valence-corrected chi connectivity index (χ0v) is 16.3. The molecule has 3 rings (SSSR count). The SMILES string of the molecule is CC(=O)NC1CCN(C(=O)c2cccc(CC3CCNCC3)c2)CC1.Cl. The van der Waals surface area contributed by atoms with Gasteiger partial charge in [-0.25, -0.2) is 0 Å². The Kier molecular flexibility index (Phi) is 7.91. The van der Waals surface area contributed by atoms with Crippen molar-refractivity contribution >= 4 is 24.2 Å². The van der Waals surface area contributed by atoms with Crippen LogP contribution in [-0.4, -0.2) is 48.9 Å². The normalized spacial score (nSPS) is 18.9. The number of hydrogen-bond acceptors (Lipinski definition) is 3. The molecule has 0 aliphatic carbocycles. The molecular formula is C20H30ClN3O2. The van der Waals surface area contributed by atoms with Crippen molar-refractivity contribution in [3.05, 3.63) is 35.4 Å². The van der Waals surface area contributed by atoms with Crippen LogP contribution in [0.4, 0.5) is 0 Å². The fourth-order valence-corrected chi connectivity index (χ4v) is 3.95. The summed E-state index contributed by atoms with van der Waals surface area (Å²) in [5, 5.41) is 6.35. The number of nitrogens with zero attached hydrogens (tertiary/aromatic N) is 1. The first kappa shape index (κ1) is 20.7. The van der Waals surface area contributed by atoms with Crippen LogP contribution in [-0.2, 0) is 11.2 Å². The van der Waals surface area contributed by atoms with E-state index < -0.39 is 0 Å². The fraction of sp³-hybridized carbons (Fsp3) is 0.600. The topological polar surface area (TPSA) is 61.4 Å². The fourth-order valence-electron chi connectivity index (χ4n) is 3.95. The Morgan fingerprint density at radius 2 is 1.85 bits per heavy atom. The summed E-state index contributed by atoms with van der Waals surface area (Å²) in [7, 11) is 0. The third kappa shape index (κ3) is 5.71. The Morgan fingerprint density at radius 1 is 1.15 bits per heavy atom. The second kappa shape index (κ2) is 9.93. The van der Waals surface area contributed by atoms with Crippen LogP contribution >= 0.6 is 12.4 Å². The molecule has 0 bridgehead atoms. The predicted molar refractivity (Wildman–Crippen MR) is 106 cm³/mol. The molecule has 0 unspecified atom stereocenters. The zero-order chi connectivity index (χ0) is 17.6. The van der Waals surface area contributed by atoms with Gasteiger partial charge in [-0.2, -0.15) is 0 Å². The first-order chi connectivity index (χ1) is 12.1. The van der Waals surface area contributed by atoms with Crippen molar-refractivity contribution in [3.8, 4) is 0 Å². The number of carbonyl (C=O) groups excluding carboxylic acids is 2. The van der Waals surface area contributed by atoms with Crippen molar-refractivity contribution in [2.24, 2.45) is 5.92 Å². The number of likely N-dealkylation sites (tertiary alicyclic amines) is 1. The van der Waals surface area contributed by atoms with Gasteiger partial charge in [-0.3, -0.25) is 9.59 Å². The standard InChI is InChI=1S/C20H29N3O2.ClH/c1-15(24)22-19-7-11-23(12-8-19)20(25)18-4-2-3-17(14-18)13-16-5-9-21-10-6-16;/h2-4,14,16,19,21H,5-13H2,1H3,(H,22,24);1H. The highest BCUT2D eigenvalue weighted by Crippen LogP contribution is 2.20. The Labute approximate surface area is 162 Å². The number of benzene rings is 1. The first-order valence-electron chi connectivity index (χ1n) is 9.48. The highest BCUT2D eigenvalue weighted by molar-refractivity contribution is 5.94. The Bertz CT molecular complexity index is 609. The van der Waals surface area contributed by atoms with Crippen LogP contribution in [0.15, 0.2) is 24.3 Å².